The normalized spacial score (nSPS) is 9.21. The Morgan fingerprint density at radius 1 is 1.00 bits per heavy atom. The SMILES string of the molecule is C=C(C)C(=O)O.C=CC(=O)Oc1ccc(-c2ccc(O)cc2)cc1. The lowest BCUT2D eigenvalue weighted by molar-refractivity contribution is -0.132. The minimum absolute atomic E-state index is 0.176. The van der Waals surface area contributed by atoms with Gasteiger partial charge in [-0.15, -0.1) is 0 Å². The van der Waals surface area contributed by atoms with Crippen LogP contribution in [-0.4, -0.2) is 22.2 Å². The standard InChI is InChI=1S/C15H12O3.C4H6O2/c1-2-15(17)18-14-9-5-12(6-10-14)11-3-7-13(16)8-4-11;1-3(2)4(5)6/h2-10,16H,1H2;1H2,2H3,(H,5,6). The maximum Gasteiger partial charge on any atom is 0.335 e. The van der Waals surface area contributed by atoms with Gasteiger partial charge in [0.25, 0.3) is 0 Å². The van der Waals surface area contributed by atoms with Crippen LogP contribution in [0.5, 0.6) is 11.5 Å². The lowest BCUT2D eigenvalue weighted by Crippen LogP contribution is -2.02. The maximum absolute atomic E-state index is 11.0. The van der Waals surface area contributed by atoms with Gasteiger partial charge < -0.3 is 14.9 Å². The average molecular weight is 326 g/mol. The molecule has 124 valence electrons. The molecule has 2 aromatic carbocycles. The quantitative estimate of drug-likeness (QED) is 0.507. The second-order valence-corrected chi connectivity index (χ2v) is 4.78. The van der Waals surface area contributed by atoms with Crippen molar-refractivity contribution in [2.45, 2.75) is 6.92 Å². The van der Waals surface area contributed by atoms with Crippen LogP contribution in [0, 0.1) is 0 Å². The van der Waals surface area contributed by atoms with E-state index in [9.17, 15) is 14.7 Å². The highest BCUT2D eigenvalue weighted by molar-refractivity contribution is 5.84. The predicted molar refractivity (Wildman–Crippen MR) is 91.8 cm³/mol. The van der Waals surface area contributed by atoms with E-state index in [2.05, 4.69) is 13.2 Å². The van der Waals surface area contributed by atoms with E-state index in [1.165, 1.54) is 6.92 Å². The molecular weight excluding hydrogens is 308 g/mol. The molecule has 2 aromatic rings. The fourth-order valence-electron chi connectivity index (χ4n) is 1.53. The number of phenolic OH excluding ortho intramolecular Hbond substituents is 1. The van der Waals surface area contributed by atoms with E-state index >= 15 is 0 Å². The molecule has 0 saturated heterocycles. The van der Waals surface area contributed by atoms with E-state index in [1.807, 2.05) is 24.3 Å². The maximum atomic E-state index is 11.0. The molecule has 0 saturated carbocycles. The zero-order valence-electron chi connectivity index (χ0n) is 13.2. The molecule has 0 aromatic heterocycles. The van der Waals surface area contributed by atoms with Crippen molar-refractivity contribution in [3.63, 3.8) is 0 Å². The molecule has 0 bridgehead atoms. The van der Waals surface area contributed by atoms with Crippen LogP contribution in [-0.2, 0) is 9.59 Å². The third-order valence-electron chi connectivity index (χ3n) is 2.81. The van der Waals surface area contributed by atoms with Crippen LogP contribution in [0.3, 0.4) is 0 Å². The number of esters is 1. The van der Waals surface area contributed by atoms with E-state index in [1.54, 1.807) is 24.3 Å². The van der Waals surface area contributed by atoms with E-state index in [0.29, 0.717) is 5.75 Å². The van der Waals surface area contributed by atoms with Crippen molar-refractivity contribution in [1.29, 1.82) is 0 Å². The highest BCUT2D eigenvalue weighted by Crippen LogP contribution is 2.24. The molecule has 5 nitrogen and oxygen atoms in total. The molecule has 0 spiro atoms. The second-order valence-electron chi connectivity index (χ2n) is 4.78. The Morgan fingerprint density at radius 2 is 1.42 bits per heavy atom. The number of carboxylic acid groups (broad SMARTS) is 1. The van der Waals surface area contributed by atoms with Gasteiger partial charge in [0.05, 0.1) is 0 Å². The van der Waals surface area contributed by atoms with Crippen molar-refractivity contribution >= 4 is 11.9 Å². The fraction of sp³-hybridized carbons (Fsp3) is 0.0526. The molecule has 0 aliphatic rings. The number of phenols is 1. The molecule has 0 atom stereocenters. The molecule has 0 heterocycles. The summed E-state index contributed by atoms with van der Waals surface area (Å²) < 4.78 is 4.98. The highest BCUT2D eigenvalue weighted by Gasteiger charge is 2.01. The van der Waals surface area contributed by atoms with Crippen molar-refractivity contribution in [3.05, 3.63) is 73.3 Å². The highest BCUT2D eigenvalue weighted by atomic mass is 16.5. The van der Waals surface area contributed by atoms with Gasteiger partial charge in [-0.25, -0.2) is 9.59 Å². The average Bonchev–Trinajstić information content (AvgIpc) is 2.56. The van der Waals surface area contributed by atoms with E-state index in [4.69, 9.17) is 9.84 Å². The summed E-state index contributed by atoms with van der Waals surface area (Å²) in [6, 6.07) is 14.0. The Labute approximate surface area is 140 Å². The Balaban J connectivity index is 0.000000413. The van der Waals surface area contributed by atoms with Crippen LogP contribution in [0.25, 0.3) is 11.1 Å². The first kappa shape index (κ1) is 18.7. The number of carbonyl (C=O) groups is 2. The van der Waals surface area contributed by atoms with Gasteiger partial charge in [0.1, 0.15) is 11.5 Å². The minimum Gasteiger partial charge on any atom is -0.508 e. The summed E-state index contributed by atoms with van der Waals surface area (Å²) in [4.78, 5) is 20.6. The number of carbonyl (C=O) groups excluding carboxylic acids is 1. The van der Waals surface area contributed by atoms with Crippen molar-refractivity contribution in [3.8, 4) is 22.6 Å². The molecule has 0 aliphatic heterocycles. The van der Waals surface area contributed by atoms with Gasteiger partial charge in [0.15, 0.2) is 0 Å². The number of aromatic hydroxyl groups is 1. The second kappa shape index (κ2) is 8.95. The minimum atomic E-state index is -0.935. The van der Waals surface area contributed by atoms with E-state index < -0.39 is 11.9 Å². The van der Waals surface area contributed by atoms with Gasteiger partial charge in [-0.2, -0.15) is 0 Å². The molecule has 2 N–H and O–H groups in total. The van der Waals surface area contributed by atoms with Crippen LogP contribution in [0.2, 0.25) is 0 Å². The number of benzene rings is 2. The van der Waals surface area contributed by atoms with Crippen molar-refractivity contribution in [2.24, 2.45) is 0 Å². The van der Waals surface area contributed by atoms with Crippen LogP contribution >= 0.6 is 0 Å². The third kappa shape index (κ3) is 6.19. The lowest BCUT2D eigenvalue weighted by atomic mass is 10.1. The Morgan fingerprint density at radius 3 is 1.79 bits per heavy atom. The molecule has 0 fully saturated rings. The molecule has 5 heteroatoms. The zero-order chi connectivity index (χ0) is 18.1. The van der Waals surface area contributed by atoms with Gasteiger partial charge in [-0.05, 0) is 42.3 Å². The number of rotatable bonds is 4. The Hall–Kier alpha value is -3.34. The largest absolute Gasteiger partial charge is 0.508 e. The first-order valence-electron chi connectivity index (χ1n) is 6.96. The molecule has 0 unspecified atom stereocenters. The van der Waals surface area contributed by atoms with Gasteiger partial charge in [-0.3, -0.25) is 0 Å². The van der Waals surface area contributed by atoms with Crippen LogP contribution in [0.1, 0.15) is 6.92 Å². The fourth-order valence-corrected chi connectivity index (χ4v) is 1.53. The topological polar surface area (TPSA) is 83.8 Å². The number of hydrogen-bond donors (Lipinski definition) is 2. The zero-order valence-corrected chi connectivity index (χ0v) is 13.2. The van der Waals surface area contributed by atoms with Gasteiger partial charge >= 0.3 is 11.9 Å². The monoisotopic (exact) mass is 326 g/mol. The van der Waals surface area contributed by atoms with E-state index in [0.717, 1.165) is 17.2 Å². The number of aliphatic carboxylic acids is 1. The first-order valence-corrected chi connectivity index (χ1v) is 6.96. The number of carboxylic acids is 1. The van der Waals surface area contributed by atoms with Gasteiger partial charge in [0.2, 0.25) is 0 Å². The smallest absolute Gasteiger partial charge is 0.335 e. The summed E-state index contributed by atoms with van der Waals surface area (Å²) in [5, 5.41) is 17.1. The summed E-state index contributed by atoms with van der Waals surface area (Å²) in [5.41, 5.74) is 2.14. The summed E-state index contributed by atoms with van der Waals surface area (Å²) >= 11 is 0. The molecular formula is C19H18O5. The molecule has 0 amide bonds. The Bertz CT molecular complexity index is 715. The third-order valence-corrected chi connectivity index (χ3v) is 2.81. The van der Waals surface area contributed by atoms with Crippen LogP contribution in [0.15, 0.2) is 73.3 Å². The molecule has 2 rings (SSSR count). The Kier molecular flexibility index (Phi) is 6.97. The van der Waals surface area contributed by atoms with Crippen molar-refractivity contribution in [2.75, 3.05) is 0 Å². The van der Waals surface area contributed by atoms with Crippen LogP contribution in [0.4, 0.5) is 0 Å². The molecule has 0 radical (unpaired) electrons. The van der Waals surface area contributed by atoms with Crippen molar-refractivity contribution < 1.29 is 24.5 Å². The molecule has 24 heavy (non-hydrogen) atoms. The summed E-state index contributed by atoms with van der Waals surface area (Å²) in [6.45, 7) is 7.93. The lowest BCUT2D eigenvalue weighted by Gasteiger charge is -2.04. The van der Waals surface area contributed by atoms with Gasteiger partial charge in [0, 0.05) is 11.6 Å². The summed E-state index contributed by atoms with van der Waals surface area (Å²) in [5.74, 6) is -0.708. The van der Waals surface area contributed by atoms with Crippen LogP contribution < -0.4 is 4.74 Å². The summed E-state index contributed by atoms with van der Waals surface area (Å²) in [7, 11) is 0. The molecule has 0 aliphatic carbocycles. The van der Waals surface area contributed by atoms with E-state index in [-0.39, 0.29) is 11.3 Å². The van der Waals surface area contributed by atoms with Gasteiger partial charge in [-0.1, -0.05) is 37.4 Å². The number of hydrogen-bond acceptors (Lipinski definition) is 4. The number of ether oxygens (including phenoxy) is 1. The van der Waals surface area contributed by atoms with Crippen molar-refractivity contribution in [1.82, 2.24) is 0 Å². The summed E-state index contributed by atoms with van der Waals surface area (Å²) in [6.07, 6.45) is 1.12. The first-order chi connectivity index (χ1) is 11.3. The predicted octanol–water partition coefficient (Wildman–Crippen LogP) is 3.80.